The molecule has 0 heterocycles. The standard InChI is InChI=1S/C16H10F3NO3/c17-16(18,19)23-13-7-6-12(9-20)14(8-13)15(21)22-10-11-4-2-1-3-5-11/h1-8H,10H2. The summed E-state index contributed by atoms with van der Waals surface area (Å²) in [5.74, 6) is -1.50. The van der Waals surface area contributed by atoms with E-state index in [1.165, 1.54) is 0 Å². The van der Waals surface area contributed by atoms with Crippen molar-refractivity contribution in [1.29, 1.82) is 5.26 Å². The van der Waals surface area contributed by atoms with Crippen molar-refractivity contribution in [3.63, 3.8) is 0 Å². The van der Waals surface area contributed by atoms with Gasteiger partial charge in [0.1, 0.15) is 18.4 Å². The lowest BCUT2D eigenvalue weighted by Gasteiger charge is -2.11. The third kappa shape index (κ3) is 4.74. The van der Waals surface area contributed by atoms with E-state index in [1.54, 1.807) is 36.4 Å². The van der Waals surface area contributed by atoms with E-state index < -0.39 is 18.1 Å². The molecule has 2 rings (SSSR count). The first-order chi connectivity index (χ1) is 10.9. The van der Waals surface area contributed by atoms with Gasteiger partial charge in [0.15, 0.2) is 0 Å². The highest BCUT2D eigenvalue weighted by molar-refractivity contribution is 5.92. The molecule has 2 aromatic rings. The molecule has 0 saturated heterocycles. The van der Waals surface area contributed by atoms with E-state index in [1.807, 2.05) is 0 Å². The van der Waals surface area contributed by atoms with Crippen LogP contribution in [0.1, 0.15) is 21.5 Å². The predicted octanol–water partition coefficient (Wildman–Crippen LogP) is 3.81. The second-order valence-corrected chi connectivity index (χ2v) is 4.43. The van der Waals surface area contributed by atoms with E-state index in [0.717, 1.165) is 18.2 Å². The molecule has 0 spiro atoms. The van der Waals surface area contributed by atoms with Gasteiger partial charge in [-0.15, -0.1) is 13.2 Å². The minimum absolute atomic E-state index is 0.0606. The summed E-state index contributed by atoms with van der Waals surface area (Å²) in [5, 5.41) is 8.96. The van der Waals surface area contributed by atoms with E-state index in [0.29, 0.717) is 5.56 Å². The van der Waals surface area contributed by atoms with Crippen LogP contribution < -0.4 is 4.74 Å². The van der Waals surface area contributed by atoms with Gasteiger partial charge in [-0.05, 0) is 23.8 Å². The molecule has 118 valence electrons. The van der Waals surface area contributed by atoms with Gasteiger partial charge >= 0.3 is 12.3 Å². The maximum absolute atomic E-state index is 12.2. The molecular weight excluding hydrogens is 311 g/mol. The number of hydrogen-bond donors (Lipinski definition) is 0. The smallest absolute Gasteiger partial charge is 0.457 e. The summed E-state index contributed by atoms with van der Waals surface area (Å²) >= 11 is 0. The molecule has 0 N–H and O–H groups in total. The quantitative estimate of drug-likeness (QED) is 0.803. The summed E-state index contributed by atoms with van der Waals surface area (Å²) in [5.41, 5.74) is 0.324. The topological polar surface area (TPSA) is 59.3 Å². The lowest BCUT2D eigenvalue weighted by atomic mass is 10.1. The van der Waals surface area contributed by atoms with Crippen LogP contribution in [0.25, 0.3) is 0 Å². The van der Waals surface area contributed by atoms with Gasteiger partial charge in [-0.1, -0.05) is 30.3 Å². The Morgan fingerprint density at radius 2 is 1.83 bits per heavy atom. The summed E-state index contributed by atoms with van der Waals surface area (Å²) in [6.45, 7) is -0.0606. The van der Waals surface area contributed by atoms with Gasteiger partial charge in [-0.2, -0.15) is 5.26 Å². The van der Waals surface area contributed by atoms with Crippen LogP contribution in [-0.4, -0.2) is 12.3 Å². The molecule has 7 heteroatoms. The summed E-state index contributed by atoms with van der Waals surface area (Å²) in [7, 11) is 0. The number of halogens is 3. The van der Waals surface area contributed by atoms with Crippen molar-refractivity contribution < 1.29 is 27.4 Å². The number of nitrogens with zero attached hydrogens (tertiary/aromatic N) is 1. The number of alkyl halides is 3. The van der Waals surface area contributed by atoms with Gasteiger partial charge < -0.3 is 9.47 Å². The van der Waals surface area contributed by atoms with Gasteiger partial charge in [-0.25, -0.2) is 4.79 Å². The summed E-state index contributed by atoms with van der Waals surface area (Å²) in [4.78, 5) is 12.0. The van der Waals surface area contributed by atoms with Crippen molar-refractivity contribution in [2.75, 3.05) is 0 Å². The number of esters is 1. The molecule has 0 aliphatic heterocycles. The van der Waals surface area contributed by atoms with Crippen LogP contribution in [0.2, 0.25) is 0 Å². The molecule has 0 unspecified atom stereocenters. The van der Waals surface area contributed by atoms with Crippen LogP contribution in [0.4, 0.5) is 13.2 Å². The van der Waals surface area contributed by atoms with Crippen LogP contribution in [0.5, 0.6) is 5.75 Å². The zero-order valence-electron chi connectivity index (χ0n) is 11.6. The van der Waals surface area contributed by atoms with E-state index in [2.05, 4.69) is 4.74 Å². The Bertz CT molecular complexity index is 736. The van der Waals surface area contributed by atoms with Gasteiger partial charge in [0, 0.05) is 0 Å². The van der Waals surface area contributed by atoms with Crippen LogP contribution in [0, 0.1) is 11.3 Å². The number of ether oxygens (including phenoxy) is 2. The molecule has 23 heavy (non-hydrogen) atoms. The average molecular weight is 321 g/mol. The summed E-state index contributed by atoms with van der Waals surface area (Å²) in [6, 6.07) is 13.3. The summed E-state index contributed by atoms with van der Waals surface area (Å²) in [6.07, 6.45) is -4.89. The Morgan fingerprint density at radius 1 is 1.13 bits per heavy atom. The minimum Gasteiger partial charge on any atom is -0.457 e. The number of carbonyl (C=O) groups excluding carboxylic acids is 1. The fourth-order valence-electron chi connectivity index (χ4n) is 1.79. The number of nitriles is 1. The highest BCUT2D eigenvalue weighted by Gasteiger charge is 2.31. The fourth-order valence-corrected chi connectivity index (χ4v) is 1.79. The molecule has 2 aromatic carbocycles. The molecule has 0 amide bonds. The van der Waals surface area contributed by atoms with Crippen LogP contribution in [0.3, 0.4) is 0 Å². The van der Waals surface area contributed by atoms with E-state index >= 15 is 0 Å². The third-order valence-corrected chi connectivity index (χ3v) is 2.78. The second kappa shape index (κ2) is 6.83. The van der Waals surface area contributed by atoms with Crippen molar-refractivity contribution in [3.8, 4) is 11.8 Å². The highest BCUT2D eigenvalue weighted by Crippen LogP contribution is 2.25. The van der Waals surface area contributed by atoms with Crippen LogP contribution in [-0.2, 0) is 11.3 Å². The molecule has 0 radical (unpaired) electrons. The van der Waals surface area contributed by atoms with E-state index in [4.69, 9.17) is 10.00 Å². The molecule has 0 fully saturated rings. The highest BCUT2D eigenvalue weighted by atomic mass is 19.4. The first kappa shape index (κ1) is 16.4. The molecule has 0 bridgehead atoms. The number of benzene rings is 2. The number of hydrogen-bond acceptors (Lipinski definition) is 4. The molecule has 0 aliphatic rings. The zero-order chi connectivity index (χ0) is 16.9. The normalized spacial score (nSPS) is 10.7. The van der Waals surface area contributed by atoms with Crippen LogP contribution >= 0.6 is 0 Å². The molecule has 0 aromatic heterocycles. The van der Waals surface area contributed by atoms with Gasteiger partial charge in [0.2, 0.25) is 0 Å². The molecule has 0 atom stereocenters. The Balaban J connectivity index is 2.17. The first-order valence-corrected chi connectivity index (χ1v) is 6.40. The summed E-state index contributed by atoms with van der Waals surface area (Å²) < 4.78 is 45.4. The lowest BCUT2D eigenvalue weighted by molar-refractivity contribution is -0.274. The van der Waals surface area contributed by atoms with Crippen molar-refractivity contribution in [3.05, 3.63) is 65.2 Å². The van der Waals surface area contributed by atoms with E-state index in [9.17, 15) is 18.0 Å². The number of carbonyl (C=O) groups is 1. The Morgan fingerprint density at radius 3 is 2.43 bits per heavy atom. The largest absolute Gasteiger partial charge is 0.573 e. The third-order valence-electron chi connectivity index (χ3n) is 2.78. The van der Waals surface area contributed by atoms with Gasteiger partial charge in [0.25, 0.3) is 0 Å². The van der Waals surface area contributed by atoms with Crippen molar-refractivity contribution >= 4 is 5.97 Å². The fraction of sp³-hybridized carbons (Fsp3) is 0.125. The van der Waals surface area contributed by atoms with Gasteiger partial charge in [0.05, 0.1) is 11.1 Å². The maximum atomic E-state index is 12.2. The Labute approximate surface area is 129 Å². The zero-order valence-corrected chi connectivity index (χ0v) is 11.6. The average Bonchev–Trinajstić information content (AvgIpc) is 2.52. The monoisotopic (exact) mass is 321 g/mol. The van der Waals surface area contributed by atoms with Crippen molar-refractivity contribution in [2.45, 2.75) is 13.0 Å². The van der Waals surface area contributed by atoms with Crippen molar-refractivity contribution in [1.82, 2.24) is 0 Å². The molecule has 0 aliphatic carbocycles. The minimum atomic E-state index is -4.89. The van der Waals surface area contributed by atoms with E-state index in [-0.39, 0.29) is 17.7 Å². The van der Waals surface area contributed by atoms with Crippen molar-refractivity contribution in [2.24, 2.45) is 0 Å². The maximum Gasteiger partial charge on any atom is 0.573 e. The number of rotatable bonds is 4. The van der Waals surface area contributed by atoms with Gasteiger partial charge in [-0.3, -0.25) is 0 Å². The molecular formula is C16H10F3NO3. The predicted molar refractivity (Wildman–Crippen MR) is 73.4 cm³/mol. The Kier molecular flexibility index (Phi) is 4.86. The SMILES string of the molecule is N#Cc1ccc(OC(F)(F)F)cc1C(=O)OCc1ccccc1. The first-order valence-electron chi connectivity index (χ1n) is 6.40. The van der Waals surface area contributed by atoms with Crippen LogP contribution in [0.15, 0.2) is 48.5 Å². The molecule has 0 saturated carbocycles. The lowest BCUT2D eigenvalue weighted by Crippen LogP contribution is -2.17. The second-order valence-electron chi connectivity index (χ2n) is 4.43. The molecule has 4 nitrogen and oxygen atoms in total. The Hall–Kier alpha value is -3.01.